The van der Waals surface area contributed by atoms with Crippen molar-refractivity contribution in [2.24, 2.45) is 17.7 Å². The van der Waals surface area contributed by atoms with Crippen LogP contribution in [0, 0.1) is 11.8 Å². The molecule has 0 radical (unpaired) electrons. The van der Waals surface area contributed by atoms with Gasteiger partial charge in [-0.3, -0.25) is 11.3 Å². The molecule has 2 aliphatic rings. The van der Waals surface area contributed by atoms with E-state index in [2.05, 4.69) is 18.4 Å². The quantitative estimate of drug-likeness (QED) is 0.445. The molecule has 0 bridgehead atoms. The smallest absolute Gasteiger partial charge is 0.0275 e. The van der Waals surface area contributed by atoms with Crippen molar-refractivity contribution in [3.63, 3.8) is 0 Å². The predicted molar refractivity (Wildman–Crippen MR) is 73.4 cm³/mol. The fourth-order valence-corrected chi connectivity index (χ4v) is 3.58. The minimum atomic E-state index is 0.516. The number of hydrogen-bond donors (Lipinski definition) is 2. The molecule has 2 rings (SSSR count). The lowest BCUT2D eigenvalue weighted by molar-refractivity contribution is 0.220. The third kappa shape index (κ3) is 3.82. The molecule has 0 aromatic rings. The number of allylic oxidation sites excluding steroid dienone is 1. The first kappa shape index (κ1) is 13.1. The molecule has 1 fully saturated rings. The van der Waals surface area contributed by atoms with Gasteiger partial charge in [0, 0.05) is 6.04 Å². The van der Waals surface area contributed by atoms with Crippen LogP contribution in [0.1, 0.15) is 64.7 Å². The van der Waals surface area contributed by atoms with Crippen molar-refractivity contribution in [1.29, 1.82) is 0 Å². The van der Waals surface area contributed by atoms with E-state index >= 15 is 0 Å². The summed E-state index contributed by atoms with van der Waals surface area (Å²) in [6.07, 6.45) is 14.5. The van der Waals surface area contributed by atoms with Crippen LogP contribution in [0.5, 0.6) is 0 Å². The zero-order valence-electron chi connectivity index (χ0n) is 11.3. The normalized spacial score (nSPS) is 32.0. The van der Waals surface area contributed by atoms with Crippen LogP contribution >= 0.6 is 0 Å². The topological polar surface area (TPSA) is 38.0 Å². The van der Waals surface area contributed by atoms with Gasteiger partial charge >= 0.3 is 0 Å². The van der Waals surface area contributed by atoms with Gasteiger partial charge < -0.3 is 0 Å². The van der Waals surface area contributed by atoms with Crippen LogP contribution in [-0.2, 0) is 0 Å². The van der Waals surface area contributed by atoms with E-state index < -0.39 is 0 Å². The molecule has 0 aliphatic heterocycles. The maximum absolute atomic E-state index is 5.79. The van der Waals surface area contributed by atoms with Crippen LogP contribution in [0.15, 0.2) is 11.6 Å². The SMILES string of the molecule is CC1CCCC(C(CC2=CCCCC2)NN)C1. The monoisotopic (exact) mass is 236 g/mol. The van der Waals surface area contributed by atoms with Crippen LogP contribution < -0.4 is 11.3 Å². The summed E-state index contributed by atoms with van der Waals surface area (Å²) < 4.78 is 0. The Morgan fingerprint density at radius 3 is 2.88 bits per heavy atom. The molecule has 3 atom stereocenters. The molecule has 17 heavy (non-hydrogen) atoms. The molecule has 2 nitrogen and oxygen atoms in total. The van der Waals surface area contributed by atoms with Crippen molar-refractivity contribution in [1.82, 2.24) is 5.43 Å². The second-order valence-corrected chi connectivity index (χ2v) is 6.12. The highest BCUT2D eigenvalue weighted by Gasteiger charge is 2.26. The van der Waals surface area contributed by atoms with Crippen molar-refractivity contribution in [2.45, 2.75) is 70.8 Å². The van der Waals surface area contributed by atoms with E-state index in [4.69, 9.17) is 5.84 Å². The van der Waals surface area contributed by atoms with Crippen LogP contribution in [0.2, 0.25) is 0 Å². The molecule has 0 heterocycles. The van der Waals surface area contributed by atoms with E-state index in [0.717, 1.165) is 11.8 Å². The average Bonchev–Trinajstić information content (AvgIpc) is 2.37. The largest absolute Gasteiger partial charge is 0.271 e. The molecule has 1 saturated carbocycles. The summed E-state index contributed by atoms with van der Waals surface area (Å²) in [4.78, 5) is 0. The first-order valence-corrected chi connectivity index (χ1v) is 7.43. The maximum Gasteiger partial charge on any atom is 0.0275 e. The van der Waals surface area contributed by atoms with Gasteiger partial charge in [-0.05, 0) is 56.8 Å². The maximum atomic E-state index is 5.79. The highest BCUT2D eigenvalue weighted by molar-refractivity contribution is 5.07. The summed E-state index contributed by atoms with van der Waals surface area (Å²) in [5, 5.41) is 0. The fourth-order valence-electron chi connectivity index (χ4n) is 3.58. The van der Waals surface area contributed by atoms with E-state index in [9.17, 15) is 0 Å². The Labute approximate surface area is 106 Å². The van der Waals surface area contributed by atoms with Gasteiger partial charge in [0.25, 0.3) is 0 Å². The van der Waals surface area contributed by atoms with Gasteiger partial charge in [-0.1, -0.05) is 31.4 Å². The number of rotatable bonds is 4. The molecular formula is C15H28N2. The van der Waals surface area contributed by atoms with Crippen molar-refractivity contribution in [2.75, 3.05) is 0 Å². The van der Waals surface area contributed by atoms with E-state index in [1.807, 2.05) is 0 Å². The molecule has 3 unspecified atom stereocenters. The van der Waals surface area contributed by atoms with Crippen molar-refractivity contribution in [3.8, 4) is 0 Å². The minimum absolute atomic E-state index is 0.516. The van der Waals surface area contributed by atoms with E-state index in [-0.39, 0.29) is 0 Å². The molecule has 0 aromatic heterocycles. The first-order chi connectivity index (χ1) is 8.29. The Kier molecular flexibility index (Phi) is 5.05. The van der Waals surface area contributed by atoms with Crippen LogP contribution in [0.4, 0.5) is 0 Å². The van der Waals surface area contributed by atoms with E-state index in [0.29, 0.717) is 6.04 Å². The molecule has 98 valence electrons. The third-order valence-corrected chi connectivity index (χ3v) is 4.63. The molecule has 0 spiro atoms. The van der Waals surface area contributed by atoms with Crippen molar-refractivity contribution < 1.29 is 0 Å². The zero-order chi connectivity index (χ0) is 12.1. The lowest BCUT2D eigenvalue weighted by atomic mass is 9.76. The van der Waals surface area contributed by atoms with Crippen molar-refractivity contribution in [3.05, 3.63) is 11.6 Å². The zero-order valence-corrected chi connectivity index (χ0v) is 11.3. The summed E-state index contributed by atoms with van der Waals surface area (Å²) in [5.41, 5.74) is 4.75. The standard InChI is InChI=1S/C15H28N2/c1-12-6-5-9-14(10-12)15(17-16)11-13-7-3-2-4-8-13/h7,12,14-15,17H,2-6,8-11,16H2,1H3. The molecule has 2 aliphatic carbocycles. The Bertz CT molecular complexity index is 260. The Morgan fingerprint density at radius 1 is 1.35 bits per heavy atom. The second kappa shape index (κ2) is 6.55. The lowest BCUT2D eigenvalue weighted by Gasteiger charge is -2.33. The average molecular weight is 236 g/mol. The van der Waals surface area contributed by atoms with E-state index in [1.165, 1.54) is 57.8 Å². The van der Waals surface area contributed by atoms with E-state index in [1.54, 1.807) is 5.57 Å². The molecule has 2 heteroatoms. The van der Waals surface area contributed by atoms with Crippen molar-refractivity contribution >= 4 is 0 Å². The lowest BCUT2D eigenvalue weighted by Crippen LogP contribution is -2.42. The number of hydrogen-bond acceptors (Lipinski definition) is 2. The summed E-state index contributed by atoms with van der Waals surface area (Å²) in [5.74, 6) is 7.48. The fraction of sp³-hybridized carbons (Fsp3) is 0.867. The third-order valence-electron chi connectivity index (χ3n) is 4.63. The van der Waals surface area contributed by atoms with Gasteiger partial charge in [0.05, 0.1) is 0 Å². The van der Waals surface area contributed by atoms with Gasteiger partial charge in [-0.25, -0.2) is 0 Å². The van der Waals surface area contributed by atoms with Gasteiger partial charge in [0.2, 0.25) is 0 Å². The molecule has 0 saturated heterocycles. The molecule has 0 aromatic carbocycles. The minimum Gasteiger partial charge on any atom is -0.271 e. The van der Waals surface area contributed by atoms with Gasteiger partial charge in [-0.2, -0.15) is 0 Å². The molecular weight excluding hydrogens is 208 g/mol. The highest BCUT2D eigenvalue weighted by atomic mass is 15.2. The molecule has 0 amide bonds. The predicted octanol–water partition coefficient (Wildman–Crippen LogP) is 3.54. The summed E-state index contributed by atoms with van der Waals surface area (Å²) in [6, 6.07) is 0.516. The Hall–Kier alpha value is -0.340. The summed E-state index contributed by atoms with van der Waals surface area (Å²) >= 11 is 0. The van der Waals surface area contributed by atoms with Crippen LogP contribution in [0.3, 0.4) is 0 Å². The highest BCUT2D eigenvalue weighted by Crippen LogP contribution is 2.33. The number of hydrazine groups is 1. The Balaban J connectivity index is 1.88. The van der Waals surface area contributed by atoms with Crippen LogP contribution in [0.25, 0.3) is 0 Å². The van der Waals surface area contributed by atoms with Crippen LogP contribution in [-0.4, -0.2) is 6.04 Å². The molecule has 3 N–H and O–H groups in total. The van der Waals surface area contributed by atoms with Gasteiger partial charge in [0.1, 0.15) is 0 Å². The Morgan fingerprint density at radius 2 is 2.24 bits per heavy atom. The van der Waals surface area contributed by atoms with Gasteiger partial charge in [-0.15, -0.1) is 0 Å². The number of nitrogens with two attached hydrogens (primary N) is 1. The van der Waals surface area contributed by atoms with Gasteiger partial charge in [0.15, 0.2) is 0 Å². The summed E-state index contributed by atoms with van der Waals surface area (Å²) in [6.45, 7) is 2.39. The number of nitrogens with one attached hydrogen (secondary N) is 1. The second-order valence-electron chi connectivity index (χ2n) is 6.12. The summed E-state index contributed by atoms with van der Waals surface area (Å²) in [7, 11) is 0. The first-order valence-electron chi connectivity index (χ1n) is 7.43.